The van der Waals surface area contributed by atoms with Crippen LogP contribution in [0.2, 0.25) is 0 Å². The molecule has 0 N–H and O–H groups in total. The summed E-state index contributed by atoms with van der Waals surface area (Å²) in [6.07, 6.45) is 2.56. The van der Waals surface area contributed by atoms with Crippen molar-refractivity contribution in [3.63, 3.8) is 0 Å². The molecule has 2 rings (SSSR count). The van der Waals surface area contributed by atoms with Crippen LogP contribution in [0.5, 0.6) is 0 Å². The van der Waals surface area contributed by atoms with E-state index in [4.69, 9.17) is 4.74 Å². The lowest BCUT2D eigenvalue weighted by molar-refractivity contribution is 0.198. The fourth-order valence-corrected chi connectivity index (χ4v) is 1.23. The van der Waals surface area contributed by atoms with Gasteiger partial charge in [0, 0.05) is 17.7 Å². The minimum atomic E-state index is 1.00. The Labute approximate surface area is 81.9 Å². The third kappa shape index (κ3) is 4.52. The van der Waals surface area contributed by atoms with Gasteiger partial charge in [0.2, 0.25) is 0 Å². The maximum Gasteiger partial charge on any atom is 0.0466 e. The van der Waals surface area contributed by atoms with Gasteiger partial charge in [0.1, 0.15) is 0 Å². The van der Waals surface area contributed by atoms with Crippen molar-refractivity contribution in [2.45, 2.75) is 12.8 Å². The predicted octanol–water partition coefficient (Wildman–Crippen LogP) is 3.25. The SMILES string of the molecule is Brc1ccccc1.C1CCOC1. The second-order valence-electron chi connectivity index (χ2n) is 2.62. The Balaban J connectivity index is 0.000000127. The molecule has 1 aliphatic heterocycles. The number of ether oxygens (including phenoxy) is 1. The smallest absolute Gasteiger partial charge is 0.0466 e. The summed E-state index contributed by atoms with van der Waals surface area (Å²) >= 11 is 3.31. The van der Waals surface area contributed by atoms with Crippen LogP contribution in [0.1, 0.15) is 12.8 Å². The summed E-state index contributed by atoms with van der Waals surface area (Å²) in [5, 5.41) is 0. The first-order valence-electron chi connectivity index (χ1n) is 4.18. The summed E-state index contributed by atoms with van der Waals surface area (Å²) in [6, 6.07) is 9.97. The highest BCUT2D eigenvalue weighted by Gasteiger charge is 1.94. The zero-order valence-corrected chi connectivity index (χ0v) is 8.59. The van der Waals surface area contributed by atoms with E-state index in [1.54, 1.807) is 0 Å². The highest BCUT2D eigenvalue weighted by Crippen LogP contribution is 2.05. The molecule has 1 fully saturated rings. The molecule has 1 aromatic carbocycles. The maximum atomic E-state index is 4.94. The molecule has 0 saturated carbocycles. The minimum absolute atomic E-state index is 1.00. The van der Waals surface area contributed by atoms with Gasteiger partial charge in [-0.05, 0) is 25.0 Å². The van der Waals surface area contributed by atoms with Crippen molar-refractivity contribution in [2.75, 3.05) is 13.2 Å². The number of hydrogen-bond donors (Lipinski definition) is 0. The molecule has 0 amide bonds. The Morgan fingerprint density at radius 1 is 1.00 bits per heavy atom. The quantitative estimate of drug-likeness (QED) is 0.663. The molecule has 0 bridgehead atoms. The lowest BCUT2D eigenvalue weighted by atomic mass is 10.4. The topological polar surface area (TPSA) is 9.23 Å². The lowest BCUT2D eigenvalue weighted by Gasteiger charge is -1.80. The van der Waals surface area contributed by atoms with Crippen molar-refractivity contribution >= 4 is 15.9 Å². The van der Waals surface area contributed by atoms with Gasteiger partial charge in [-0.1, -0.05) is 34.1 Å². The Bertz CT molecular complexity index is 187. The third-order valence-electron chi connectivity index (χ3n) is 1.56. The fourth-order valence-electron chi connectivity index (χ4n) is 0.925. The highest BCUT2D eigenvalue weighted by molar-refractivity contribution is 9.10. The van der Waals surface area contributed by atoms with Crippen molar-refractivity contribution in [1.82, 2.24) is 0 Å². The van der Waals surface area contributed by atoms with E-state index in [0.717, 1.165) is 17.7 Å². The first-order valence-corrected chi connectivity index (χ1v) is 4.97. The van der Waals surface area contributed by atoms with Gasteiger partial charge in [-0.15, -0.1) is 0 Å². The first kappa shape index (κ1) is 9.75. The summed E-state index contributed by atoms with van der Waals surface area (Å²) in [7, 11) is 0. The van der Waals surface area contributed by atoms with Crippen LogP contribution < -0.4 is 0 Å². The van der Waals surface area contributed by atoms with Gasteiger partial charge >= 0.3 is 0 Å². The summed E-state index contributed by atoms with van der Waals surface area (Å²) in [5.41, 5.74) is 0. The molecule has 1 heterocycles. The van der Waals surface area contributed by atoms with Crippen LogP contribution in [0.25, 0.3) is 0 Å². The monoisotopic (exact) mass is 228 g/mol. The van der Waals surface area contributed by atoms with E-state index in [0.29, 0.717) is 0 Å². The van der Waals surface area contributed by atoms with Crippen LogP contribution >= 0.6 is 15.9 Å². The molecule has 2 heteroatoms. The van der Waals surface area contributed by atoms with Crippen molar-refractivity contribution in [1.29, 1.82) is 0 Å². The molecule has 0 aromatic heterocycles. The number of benzene rings is 1. The average Bonchev–Trinajstić information content (AvgIpc) is 2.62. The van der Waals surface area contributed by atoms with Crippen LogP contribution in [-0.4, -0.2) is 13.2 Å². The van der Waals surface area contributed by atoms with E-state index in [2.05, 4.69) is 15.9 Å². The molecule has 66 valence electrons. The minimum Gasteiger partial charge on any atom is -0.381 e. The molecular formula is C10H13BrO. The summed E-state index contributed by atoms with van der Waals surface area (Å²) in [4.78, 5) is 0. The summed E-state index contributed by atoms with van der Waals surface area (Å²) in [6.45, 7) is 2.00. The zero-order chi connectivity index (χ0) is 8.65. The third-order valence-corrected chi connectivity index (χ3v) is 2.09. The van der Waals surface area contributed by atoms with Gasteiger partial charge in [-0.25, -0.2) is 0 Å². The van der Waals surface area contributed by atoms with Crippen molar-refractivity contribution in [3.8, 4) is 0 Å². The molecule has 1 aliphatic rings. The van der Waals surface area contributed by atoms with Gasteiger partial charge < -0.3 is 4.74 Å². The van der Waals surface area contributed by atoms with E-state index in [-0.39, 0.29) is 0 Å². The average molecular weight is 229 g/mol. The number of hydrogen-bond acceptors (Lipinski definition) is 1. The van der Waals surface area contributed by atoms with E-state index in [9.17, 15) is 0 Å². The molecular weight excluding hydrogens is 216 g/mol. The van der Waals surface area contributed by atoms with Crippen LogP contribution in [0.3, 0.4) is 0 Å². The maximum absolute atomic E-state index is 4.94. The molecule has 12 heavy (non-hydrogen) atoms. The summed E-state index contributed by atoms with van der Waals surface area (Å²) < 4.78 is 6.08. The molecule has 0 aliphatic carbocycles. The molecule has 0 atom stereocenters. The van der Waals surface area contributed by atoms with Gasteiger partial charge in [-0.3, -0.25) is 0 Å². The molecule has 0 spiro atoms. The highest BCUT2D eigenvalue weighted by atomic mass is 79.9. The van der Waals surface area contributed by atoms with E-state index in [1.165, 1.54) is 12.8 Å². The van der Waals surface area contributed by atoms with Crippen LogP contribution in [-0.2, 0) is 4.74 Å². The summed E-state index contributed by atoms with van der Waals surface area (Å²) in [5.74, 6) is 0. The van der Waals surface area contributed by atoms with Crippen LogP contribution in [0.4, 0.5) is 0 Å². The Hall–Kier alpha value is -0.340. The van der Waals surface area contributed by atoms with Crippen LogP contribution in [0, 0.1) is 0 Å². The van der Waals surface area contributed by atoms with Crippen molar-refractivity contribution < 1.29 is 4.74 Å². The first-order chi connectivity index (χ1) is 5.89. The molecule has 0 unspecified atom stereocenters. The van der Waals surface area contributed by atoms with Gasteiger partial charge in [0.05, 0.1) is 0 Å². The van der Waals surface area contributed by atoms with E-state index in [1.807, 2.05) is 30.3 Å². The standard InChI is InChI=1S/C6H5Br.C4H8O/c7-6-4-2-1-3-5-6;1-2-4-5-3-1/h1-5H;1-4H2. The normalized spacial score (nSPS) is 15.1. The lowest BCUT2D eigenvalue weighted by Crippen LogP contribution is -1.74. The molecule has 1 saturated heterocycles. The molecule has 1 aromatic rings. The zero-order valence-electron chi connectivity index (χ0n) is 7.00. The second-order valence-corrected chi connectivity index (χ2v) is 3.53. The van der Waals surface area contributed by atoms with E-state index < -0.39 is 0 Å². The molecule has 1 nitrogen and oxygen atoms in total. The predicted molar refractivity (Wildman–Crippen MR) is 54.2 cm³/mol. The Morgan fingerprint density at radius 2 is 1.58 bits per heavy atom. The number of rotatable bonds is 0. The number of halogens is 1. The van der Waals surface area contributed by atoms with Gasteiger partial charge in [0.15, 0.2) is 0 Å². The van der Waals surface area contributed by atoms with Gasteiger partial charge in [0.25, 0.3) is 0 Å². The van der Waals surface area contributed by atoms with Gasteiger partial charge in [-0.2, -0.15) is 0 Å². The van der Waals surface area contributed by atoms with Crippen LogP contribution in [0.15, 0.2) is 34.8 Å². The van der Waals surface area contributed by atoms with E-state index >= 15 is 0 Å². The van der Waals surface area contributed by atoms with Crippen molar-refractivity contribution in [3.05, 3.63) is 34.8 Å². The Kier molecular flexibility index (Phi) is 5.04. The molecule has 0 radical (unpaired) electrons. The van der Waals surface area contributed by atoms with Crippen molar-refractivity contribution in [2.24, 2.45) is 0 Å². The Morgan fingerprint density at radius 3 is 1.83 bits per heavy atom. The largest absolute Gasteiger partial charge is 0.381 e. The second kappa shape index (κ2) is 6.21. The fraction of sp³-hybridized carbons (Fsp3) is 0.400.